The second-order valence-electron chi connectivity index (χ2n) is 4.54. The second kappa shape index (κ2) is 6.89. The first-order valence-electron chi connectivity index (χ1n) is 6.47. The fraction of sp³-hybridized carbons (Fsp3) is 0.133. The summed E-state index contributed by atoms with van der Waals surface area (Å²) in [6.07, 6.45) is -1.11. The van der Waals surface area contributed by atoms with Crippen molar-refractivity contribution in [3.05, 3.63) is 46.6 Å². The number of hydrogen-bond acceptors (Lipinski definition) is 6. The average molecular weight is 333 g/mol. The van der Waals surface area contributed by atoms with Crippen LogP contribution in [0.25, 0.3) is 0 Å². The zero-order chi connectivity index (χ0) is 17.0. The highest BCUT2D eigenvalue weighted by molar-refractivity contribution is 7.14. The molecule has 8 heteroatoms. The van der Waals surface area contributed by atoms with Gasteiger partial charge in [0.1, 0.15) is 16.9 Å². The Morgan fingerprint density at radius 1 is 1.43 bits per heavy atom. The molecule has 0 spiro atoms. The van der Waals surface area contributed by atoms with Crippen LogP contribution in [0.5, 0.6) is 0 Å². The number of nitriles is 1. The number of amides is 1. The number of benzene rings is 1. The van der Waals surface area contributed by atoms with E-state index in [1.807, 2.05) is 6.07 Å². The standard InChI is InChI=1S/C15H12FN3O3S/c1-8(13(20)19-14-9(7-17)4-5-23-14)22-15(21)11-3-2-10(16)6-12(11)18/h2-6,8H,18H2,1H3,(H,19,20)/t8-/m0/s1. The molecular formula is C15H12FN3O3S. The maximum Gasteiger partial charge on any atom is 0.341 e. The van der Waals surface area contributed by atoms with Gasteiger partial charge in [0.15, 0.2) is 6.10 Å². The van der Waals surface area contributed by atoms with E-state index in [0.717, 1.165) is 12.1 Å². The van der Waals surface area contributed by atoms with Crippen LogP contribution < -0.4 is 11.1 Å². The predicted octanol–water partition coefficient (Wildman–Crippen LogP) is 2.53. The van der Waals surface area contributed by atoms with E-state index in [9.17, 15) is 14.0 Å². The number of nitrogens with two attached hydrogens (primary N) is 1. The van der Waals surface area contributed by atoms with Gasteiger partial charge in [0.2, 0.25) is 0 Å². The number of carbonyl (C=O) groups excluding carboxylic acids is 2. The van der Waals surface area contributed by atoms with Crippen molar-refractivity contribution < 1.29 is 18.7 Å². The van der Waals surface area contributed by atoms with E-state index in [1.54, 1.807) is 11.4 Å². The topological polar surface area (TPSA) is 105 Å². The Morgan fingerprint density at radius 2 is 2.17 bits per heavy atom. The maximum absolute atomic E-state index is 13.0. The summed E-state index contributed by atoms with van der Waals surface area (Å²) < 4.78 is 18.0. The Morgan fingerprint density at radius 3 is 2.83 bits per heavy atom. The highest BCUT2D eigenvalue weighted by Crippen LogP contribution is 2.22. The van der Waals surface area contributed by atoms with E-state index in [1.165, 1.54) is 24.3 Å². The van der Waals surface area contributed by atoms with Gasteiger partial charge in [0, 0.05) is 5.69 Å². The number of esters is 1. The molecule has 1 aromatic heterocycles. The fourth-order valence-electron chi connectivity index (χ4n) is 1.70. The third kappa shape index (κ3) is 3.84. The molecule has 2 rings (SSSR count). The van der Waals surface area contributed by atoms with Crippen molar-refractivity contribution in [3.63, 3.8) is 0 Å². The van der Waals surface area contributed by atoms with Gasteiger partial charge in [-0.15, -0.1) is 11.3 Å². The van der Waals surface area contributed by atoms with Crippen LogP contribution in [0.1, 0.15) is 22.8 Å². The van der Waals surface area contributed by atoms with Crippen LogP contribution in [0, 0.1) is 17.1 Å². The van der Waals surface area contributed by atoms with Crippen LogP contribution in [-0.2, 0) is 9.53 Å². The summed E-state index contributed by atoms with van der Waals surface area (Å²) in [5.74, 6) is -2.00. The molecule has 118 valence electrons. The largest absolute Gasteiger partial charge is 0.449 e. The number of thiophene rings is 1. The molecule has 2 aromatic rings. The Labute approximate surface area is 135 Å². The monoisotopic (exact) mass is 333 g/mol. The lowest BCUT2D eigenvalue weighted by Gasteiger charge is -2.13. The quantitative estimate of drug-likeness (QED) is 0.661. The van der Waals surface area contributed by atoms with E-state index in [-0.39, 0.29) is 11.3 Å². The van der Waals surface area contributed by atoms with Gasteiger partial charge in [-0.2, -0.15) is 5.26 Å². The smallest absolute Gasteiger partial charge is 0.341 e. The summed E-state index contributed by atoms with van der Waals surface area (Å²) in [5, 5.41) is 13.4. The number of nitrogens with one attached hydrogen (secondary N) is 1. The van der Waals surface area contributed by atoms with Gasteiger partial charge in [0.25, 0.3) is 5.91 Å². The first-order valence-corrected chi connectivity index (χ1v) is 7.34. The molecule has 0 unspecified atom stereocenters. The third-order valence-corrected chi connectivity index (χ3v) is 3.74. The number of rotatable bonds is 4. The highest BCUT2D eigenvalue weighted by Gasteiger charge is 2.21. The summed E-state index contributed by atoms with van der Waals surface area (Å²) in [4.78, 5) is 24.0. The Balaban J connectivity index is 2.03. The number of ether oxygens (including phenoxy) is 1. The molecule has 3 N–H and O–H groups in total. The zero-order valence-corrected chi connectivity index (χ0v) is 12.8. The molecule has 0 aliphatic heterocycles. The molecule has 0 aliphatic rings. The summed E-state index contributed by atoms with van der Waals surface area (Å²) in [6, 6.07) is 6.75. The van der Waals surface area contributed by atoms with Crippen LogP contribution in [0.2, 0.25) is 0 Å². The lowest BCUT2D eigenvalue weighted by Crippen LogP contribution is -2.30. The molecule has 0 fully saturated rings. The normalized spacial score (nSPS) is 11.3. The van der Waals surface area contributed by atoms with Gasteiger partial charge >= 0.3 is 5.97 Å². The molecular weight excluding hydrogens is 321 g/mol. The average Bonchev–Trinajstić information content (AvgIpc) is 2.94. The van der Waals surface area contributed by atoms with E-state index in [0.29, 0.717) is 10.6 Å². The lowest BCUT2D eigenvalue weighted by atomic mass is 10.2. The van der Waals surface area contributed by atoms with Crippen molar-refractivity contribution in [3.8, 4) is 6.07 Å². The fourth-order valence-corrected chi connectivity index (χ4v) is 2.45. The Hall–Kier alpha value is -2.92. The van der Waals surface area contributed by atoms with Crippen molar-refractivity contribution >= 4 is 33.9 Å². The van der Waals surface area contributed by atoms with Gasteiger partial charge in [-0.25, -0.2) is 9.18 Å². The predicted molar refractivity (Wildman–Crippen MR) is 83.4 cm³/mol. The highest BCUT2D eigenvalue weighted by atomic mass is 32.1. The summed E-state index contributed by atoms with van der Waals surface area (Å²) in [5.41, 5.74) is 5.77. The molecule has 23 heavy (non-hydrogen) atoms. The van der Waals surface area contributed by atoms with E-state index < -0.39 is 23.8 Å². The van der Waals surface area contributed by atoms with Crippen LogP contribution in [-0.4, -0.2) is 18.0 Å². The maximum atomic E-state index is 13.0. The number of hydrogen-bond donors (Lipinski definition) is 2. The molecule has 0 saturated heterocycles. The van der Waals surface area contributed by atoms with Crippen LogP contribution >= 0.6 is 11.3 Å². The summed E-state index contributed by atoms with van der Waals surface area (Å²) in [6.45, 7) is 1.38. The molecule has 0 bridgehead atoms. The van der Waals surface area contributed by atoms with Crippen molar-refractivity contribution in [1.29, 1.82) is 5.26 Å². The van der Waals surface area contributed by atoms with Gasteiger partial charge < -0.3 is 15.8 Å². The molecule has 1 amide bonds. The van der Waals surface area contributed by atoms with Crippen LogP contribution in [0.4, 0.5) is 15.1 Å². The number of halogens is 1. The van der Waals surface area contributed by atoms with E-state index >= 15 is 0 Å². The first kappa shape index (κ1) is 16.5. The zero-order valence-electron chi connectivity index (χ0n) is 12.0. The van der Waals surface area contributed by atoms with Crippen molar-refractivity contribution in [1.82, 2.24) is 0 Å². The molecule has 6 nitrogen and oxygen atoms in total. The number of nitrogens with zero attached hydrogens (tertiary/aromatic N) is 1. The molecule has 1 atom stereocenters. The minimum Gasteiger partial charge on any atom is -0.449 e. The third-order valence-electron chi connectivity index (χ3n) is 2.91. The molecule has 1 aromatic carbocycles. The molecule has 1 heterocycles. The number of carbonyl (C=O) groups is 2. The Kier molecular flexibility index (Phi) is 4.93. The van der Waals surface area contributed by atoms with Gasteiger partial charge in [-0.05, 0) is 36.6 Å². The van der Waals surface area contributed by atoms with E-state index in [4.69, 9.17) is 15.7 Å². The SMILES string of the molecule is C[C@H](OC(=O)c1ccc(F)cc1N)C(=O)Nc1sccc1C#N. The van der Waals surface area contributed by atoms with Gasteiger partial charge in [-0.1, -0.05) is 0 Å². The van der Waals surface area contributed by atoms with Crippen molar-refractivity contribution in [2.24, 2.45) is 0 Å². The lowest BCUT2D eigenvalue weighted by molar-refractivity contribution is -0.123. The Bertz CT molecular complexity index is 798. The number of anilines is 2. The molecule has 0 saturated carbocycles. The minimum absolute atomic E-state index is 0.0279. The number of nitrogen functional groups attached to an aromatic ring is 1. The van der Waals surface area contributed by atoms with Crippen molar-refractivity contribution in [2.75, 3.05) is 11.1 Å². The second-order valence-corrected chi connectivity index (χ2v) is 5.46. The van der Waals surface area contributed by atoms with Gasteiger partial charge in [-0.3, -0.25) is 4.79 Å². The van der Waals surface area contributed by atoms with Crippen LogP contribution in [0.15, 0.2) is 29.6 Å². The van der Waals surface area contributed by atoms with Gasteiger partial charge in [0.05, 0.1) is 11.1 Å². The molecule has 0 radical (unpaired) electrons. The first-order chi connectivity index (χ1) is 10.9. The summed E-state index contributed by atoms with van der Waals surface area (Å²) in [7, 11) is 0. The van der Waals surface area contributed by atoms with Crippen molar-refractivity contribution in [2.45, 2.75) is 13.0 Å². The van der Waals surface area contributed by atoms with E-state index in [2.05, 4.69) is 5.32 Å². The summed E-state index contributed by atoms with van der Waals surface area (Å²) >= 11 is 1.18. The molecule has 0 aliphatic carbocycles. The minimum atomic E-state index is -1.11. The van der Waals surface area contributed by atoms with Crippen LogP contribution in [0.3, 0.4) is 0 Å².